The Balaban J connectivity index is 0.000000202. The quantitative estimate of drug-likeness (QED) is 0.383. The maximum Gasteiger partial charge on any atom is 0.414 e. The Labute approximate surface area is 66.4 Å². The van der Waals surface area contributed by atoms with E-state index in [0.717, 1.165) is 0 Å². The standard InChI is InChI=1S/C3H3NO2.C2H2O4/c1-2-4-6-5-3-1;3-1(4)2(5)6/h1-3H;(H,3,4)(H,5,6). The van der Waals surface area contributed by atoms with Gasteiger partial charge in [0.1, 0.15) is 6.26 Å². The van der Waals surface area contributed by atoms with Crippen LogP contribution < -0.4 is 0 Å². The van der Waals surface area contributed by atoms with Gasteiger partial charge in [0.2, 0.25) is 0 Å². The van der Waals surface area contributed by atoms with Crippen LogP contribution in [0.15, 0.2) is 17.5 Å². The van der Waals surface area contributed by atoms with Gasteiger partial charge in [0, 0.05) is 0 Å². The number of carboxylic acid groups (broad SMARTS) is 2. The Kier molecular flexibility index (Phi) is 4.74. The third kappa shape index (κ3) is 6.08. The lowest BCUT2D eigenvalue weighted by Crippen LogP contribution is -2.09. The average Bonchev–Trinajstić information content (AvgIpc) is 2.08. The van der Waals surface area contributed by atoms with Crippen molar-refractivity contribution in [3.63, 3.8) is 0 Å². The van der Waals surface area contributed by atoms with Crippen molar-refractivity contribution in [2.45, 2.75) is 0 Å². The van der Waals surface area contributed by atoms with Crippen LogP contribution in [0.1, 0.15) is 0 Å². The van der Waals surface area contributed by atoms with Crippen LogP contribution in [0, 0.1) is 0 Å². The van der Waals surface area contributed by atoms with Crippen molar-refractivity contribution in [1.82, 2.24) is 0 Å². The van der Waals surface area contributed by atoms with Gasteiger partial charge in [-0.25, -0.2) is 9.59 Å². The number of rotatable bonds is 0. The number of carbonyl (C=O) groups is 2. The van der Waals surface area contributed by atoms with E-state index in [0.29, 0.717) is 0 Å². The number of hydrogen-bond acceptors (Lipinski definition) is 5. The van der Waals surface area contributed by atoms with Crippen molar-refractivity contribution < 1.29 is 29.7 Å². The lowest BCUT2D eigenvalue weighted by molar-refractivity contribution is -0.251. The van der Waals surface area contributed by atoms with Gasteiger partial charge in [0.15, 0.2) is 0 Å². The lowest BCUT2D eigenvalue weighted by atomic mass is 10.7. The monoisotopic (exact) mass is 175 g/mol. The summed E-state index contributed by atoms with van der Waals surface area (Å²) in [4.78, 5) is 26.4. The molecule has 0 saturated heterocycles. The maximum atomic E-state index is 9.10. The molecule has 1 aliphatic heterocycles. The first-order valence-corrected chi connectivity index (χ1v) is 2.62. The summed E-state index contributed by atoms with van der Waals surface area (Å²) in [6.45, 7) is 0. The van der Waals surface area contributed by atoms with Gasteiger partial charge >= 0.3 is 11.9 Å². The second kappa shape index (κ2) is 5.71. The number of aliphatic carboxylic acids is 2. The SMILES string of the molecule is C1=COON=C1.O=C(O)C(=O)O. The summed E-state index contributed by atoms with van der Waals surface area (Å²) >= 11 is 0. The molecule has 2 N–H and O–H groups in total. The fourth-order valence-electron chi connectivity index (χ4n) is 0.177. The lowest BCUT2D eigenvalue weighted by Gasteiger charge is -1.92. The second-order valence-electron chi connectivity index (χ2n) is 1.36. The van der Waals surface area contributed by atoms with Crippen molar-refractivity contribution in [2.24, 2.45) is 5.16 Å². The molecule has 0 atom stereocenters. The number of nitrogens with zero attached hydrogens (tertiary/aromatic N) is 1. The number of carboxylic acids is 2. The van der Waals surface area contributed by atoms with E-state index in [2.05, 4.69) is 15.0 Å². The molecule has 0 bridgehead atoms. The molecular weight excluding hydrogens is 170 g/mol. The molecule has 7 heteroatoms. The Bertz CT molecular complexity index is 196. The zero-order valence-corrected chi connectivity index (χ0v) is 5.71. The third-order valence-corrected chi connectivity index (χ3v) is 0.550. The van der Waals surface area contributed by atoms with Crippen molar-refractivity contribution >= 4 is 18.2 Å². The number of allylic oxidation sites excluding steroid dienone is 1. The Hall–Kier alpha value is -2.05. The zero-order chi connectivity index (χ0) is 9.40. The molecule has 0 radical (unpaired) electrons. The van der Waals surface area contributed by atoms with E-state index < -0.39 is 11.9 Å². The number of oxime groups is 1. The van der Waals surface area contributed by atoms with E-state index in [4.69, 9.17) is 19.8 Å². The van der Waals surface area contributed by atoms with Gasteiger partial charge < -0.3 is 10.2 Å². The first-order chi connectivity index (χ1) is 5.64. The Morgan fingerprint density at radius 1 is 1.25 bits per heavy atom. The van der Waals surface area contributed by atoms with Crippen LogP contribution in [0.3, 0.4) is 0 Å². The molecular formula is C5H5NO6. The topological polar surface area (TPSA) is 105 Å². The molecule has 66 valence electrons. The Morgan fingerprint density at radius 2 is 1.83 bits per heavy atom. The van der Waals surface area contributed by atoms with Crippen LogP contribution in [0.4, 0.5) is 0 Å². The van der Waals surface area contributed by atoms with Crippen molar-refractivity contribution in [3.8, 4) is 0 Å². The van der Waals surface area contributed by atoms with Crippen LogP contribution in [-0.4, -0.2) is 28.4 Å². The fourth-order valence-corrected chi connectivity index (χ4v) is 0.177. The van der Waals surface area contributed by atoms with Crippen LogP contribution in [0.25, 0.3) is 0 Å². The molecule has 0 amide bonds. The van der Waals surface area contributed by atoms with Gasteiger partial charge in [0.05, 0.1) is 6.21 Å². The molecule has 12 heavy (non-hydrogen) atoms. The van der Waals surface area contributed by atoms with Gasteiger partial charge in [-0.2, -0.15) is 4.99 Å². The van der Waals surface area contributed by atoms with Crippen LogP contribution >= 0.6 is 0 Å². The minimum Gasteiger partial charge on any atom is -0.473 e. The van der Waals surface area contributed by atoms with Gasteiger partial charge in [0.25, 0.3) is 0 Å². The summed E-state index contributed by atoms with van der Waals surface area (Å²) in [5, 5.41) is 18.0. The van der Waals surface area contributed by atoms with Crippen molar-refractivity contribution in [2.75, 3.05) is 0 Å². The zero-order valence-electron chi connectivity index (χ0n) is 5.71. The van der Waals surface area contributed by atoms with Crippen molar-refractivity contribution in [3.05, 3.63) is 12.3 Å². The van der Waals surface area contributed by atoms with E-state index >= 15 is 0 Å². The summed E-state index contributed by atoms with van der Waals surface area (Å²) in [5.41, 5.74) is 0. The fraction of sp³-hybridized carbons (Fsp3) is 0. The predicted molar refractivity (Wildman–Crippen MR) is 35.1 cm³/mol. The minimum atomic E-state index is -1.82. The van der Waals surface area contributed by atoms with Gasteiger partial charge in [-0.3, -0.25) is 4.89 Å². The molecule has 0 unspecified atom stereocenters. The molecule has 0 aromatic heterocycles. The normalized spacial score (nSPS) is 11.7. The molecule has 1 heterocycles. The second-order valence-corrected chi connectivity index (χ2v) is 1.36. The van der Waals surface area contributed by atoms with Crippen LogP contribution in [0.5, 0.6) is 0 Å². The molecule has 0 saturated carbocycles. The van der Waals surface area contributed by atoms with Gasteiger partial charge in [-0.1, -0.05) is 0 Å². The highest BCUT2D eigenvalue weighted by Crippen LogP contribution is 1.84. The molecule has 0 spiro atoms. The predicted octanol–water partition coefficient (Wildman–Crippen LogP) is -0.397. The summed E-state index contributed by atoms with van der Waals surface area (Å²) in [6.07, 6.45) is 4.51. The third-order valence-electron chi connectivity index (χ3n) is 0.550. The average molecular weight is 175 g/mol. The van der Waals surface area contributed by atoms with E-state index in [9.17, 15) is 0 Å². The summed E-state index contributed by atoms with van der Waals surface area (Å²) in [7, 11) is 0. The van der Waals surface area contributed by atoms with E-state index in [-0.39, 0.29) is 0 Å². The van der Waals surface area contributed by atoms with Gasteiger partial charge in [-0.05, 0) is 11.2 Å². The van der Waals surface area contributed by atoms with Crippen molar-refractivity contribution in [1.29, 1.82) is 0 Å². The number of hydrogen-bond donors (Lipinski definition) is 2. The molecule has 0 aromatic rings. The molecule has 0 fully saturated rings. The molecule has 0 aromatic carbocycles. The van der Waals surface area contributed by atoms with E-state index in [1.807, 2.05) is 0 Å². The largest absolute Gasteiger partial charge is 0.473 e. The Morgan fingerprint density at radius 3 is 1.92 bits per heavy atom. The molecule has 1 rings (SSSR count). The first-order valence-electron chi connectivity index (χ1n) is 2.62. The smallest absolute Gasteiger partial charge is 0.414 e. The highest BCUT2D eigenvalue weighted by molar-refractivity contribution is 6.27. The van der Waals surface area contributed by atoms with Crippen LogP contribution in [0.2, 0.25) is 0 Å². The molecule has 7 nitrogen and oxygen atoms in total. The molecule has 1 aliphatic rings. The highest BCUT2D eigenvalue weighted by Gasteiger charge is 2.04. The summed E-state index contributed by atoms with van der Waals surface area (Å²) in [6, 6.07) is 0. The van der Waals surface area contributed by atoms with E-state index in [1.165, 1.54) is 12.5 Å². The maximum absolute atomic E-state index is 9.10. The van der Waals surface area contributed by atoms with Gasteiger partial charge in [-0.15, -0.1) is 0 Å². The molecule has 0 aliphatic carbocycles. The van der Waals surface area contributed by atoms with Crippen LogP contribution in [-0.2, 0) is 19.5 Å². The first kappa shape index (κ1) is 9.95. The highest BCUT2D eigenvalue weighted by atomic mass is 17.3. The minimum absolute atomic E-state index is 1.40. The summed E-state index contributed by atoms with van der Waals surface area (Å²) < 4.78 is 0. The summed E-state index contributed by atoms with van der Waals surface area (Å²) in [5.74, 6) is -3.65. The van der Waals surface area contributed by atoms with E-state index in [1.54, 1.807) is 6.08 Å².